The van der Waals surface area contributed by atoms with Crippen LogP contribution in [0.3, 0.4) is 0 Å². The number of carboxylic acids is 1. The highest BCUT2D eigenvalue weighted by Crippen LogP contribution is 2.26. The van der Waals surface area contributed by atoms with Crippen LogP contribution in [-0.4, -0.2) is 11.1 Å². The Labute approximate surface area is 82.1 Å². The largest absolute Gasteiger partial charge is 0.478 e. The fourth-order valence-corrected chi connectivity index (χ4v) is 1.55. The van der Waals surface area contributed by atoms with E-state index in [1.165, 1.54) is 12.3 Å². The molecule has 1 heterocycles. The van der Waals surface area contributed by atoms with Gasteiger partial charge in [0.25, 0.3) is 0 Å². The second-order valence-corrected chi connectivity index (χ2v) is 3.45. The van der Waals surface area contributed by atoms with Crippen LogP contribution in [0.5, 0.6) is 0 Å². The molecule has 3 nitrogen and oxygen atoms in total. The molecule has 0 spiro atoms. The first-order chi connectivity index (χ1) is 6.18. The molecule has 66 valence electrons. The molecule has 0 aliphatic carbocycles. The third-order valence-electron chi connectivity index (χ3n) is 1.78. The van der Waals surface area contributed by atoms with E-state index >= 15 is 0 Å². The lowest BCUT2D eigenvalue weighted by molar-refractivity contribution is 0.0697. The normalized spacial score (nSPS) is 10.5. The molecule has 0 aliphatic heterocycles. The molecule has 0 saturated carbocycles. The first-order valence-corrected chi connectivity index (χ1v) is 4.38. The summed E-state index contributed by atoms with van der Waals surface area (Å²) in [5.41, 5.74) is 0.807. The highest BCUT2D eigenvalue weighted by Gasteiger charge is 2.07. The van der Waals surface area contributed by atoms with Crippen LogP contribution in [0.1, 0.15) is 10.4 Å². The lowest BCUT2D eigenvalue weighted by Gasteiger charge is -1.92. The van der Waals surface area contributed by atoms with Gasteiger partial charge < -0.3 is 9.52 Å². The Bertz CT molecular complexity index is 473. The van der Waals surface area contributed by atoms with Crippen LogP contribution < -0.4 is 0 Å². The fourth-order valence-electron chi connectivity index (χ4n) is 1.13. The molecule has 1 aromatic heterocycles. The summed E-state index contributed by atoms with van der Waals surface area (Å²) < 4.78 is 5.96. The van der Waals surface area contributed by atoms with Crippen molar-refractivity contribution in [1.82, 2.24) is 0 Å². The van der Waals surface area contributed by atoms with Crippen molar-refractivity contribution in [3.63, 3.8) is 0 Å². The van der Waals surface area contributed by atoms with Gasteiger partial charge in [-0.1, -0.05) is 0 Å². The number of hydrogen-bond donors (Lipinski definition) is 1. The minimum Gasteiger partial charge on any atom is -0.478 e. The Balaban J connectivity index is 2.70. The fraction of sp³-hybridized carbons (Fsp3) is 0. The topological polar surface area (TPSA) is 50.4 Å². The number of rotatable bonds is 1. The van der Waals surface area contributed by atoms with E-state index in [1.54, 1.807) is 12.1 Å². The number of fused-ring (bicyclic) bond motifs is 1. The second-order valence-electron chi connectivity index (χ2n) is 2.60. The first kappa shape index (κ1) is 8.31. The van der Waals surface area contributed by atoms with Crippen molar-refractivity contribution < 1.29 is 14.3 Å². The third kappa shape index (κ3) is 1.33. The highest BCUT2D eigenvalue weighted by atomic mass is 79.9. The molecular formula is C9H5BrO3. The Kier molecular flexibility index (Phi) is 1.84. The SMILES string of the molecule is O=C(O)c1ccc2c(Br)coc2c1. The minimum absolute atomic E-state index is 0.231. The second kappa shape index (κ2) is 2.88. The zero-order chi connectivity index (χ0) is 9.42. The number of benzene rings is 1. The Hall–Kier alpha value is -1.29. The van der Waals surface area contributed by atoms with Gasteiger partial charge in [0.2, 0.25) is 0 Å². The molecule has 0 saturated heterocycles. The van der Waals surface area contributed by atoms with E-state index in [1.807, 2.05) is 0 Å². The Morgan fingerprint density at radius 2 is 2.23 bits per heavy atom. The van der Waals surface area contributed by atoms with Gasteiger partial charge in [0.1, 0.15) is 11.8 Å². The van der Waals surface area contributed by atoms with Crippen LogP contribution in [0.4, 0.5) is 0 Å². The maximum atomic E-state index is 10.6. The summed E-state index contributed by atoms with van der Waals surface area (Å²) in [6.45, 7) is 0. The van der Waals surface area contributed by atoms with Crippen molar-refractivity contribution in [3.8, 4) is 0 Å². The van der Waals surface area contributed by atoms with Gasteiger partial charge in [0, 0.05) is 5.39 Å². The third-order valence-corrected chi connectivity index (χ3v) is 2.39. The van der Waals surface area contributed by atoms with Crippen molar-refractivity contribution in [3.05, 3.63) is 34.5 Å². The molecule has 1 aromatic carbocycles. The van der Waals surface area contributed by atoms with Crippen LogP contribution in [0.15, 0.2) is 33.4 Å². The van der Waals surface area contributed by atoms with Crippen molar-refractivity contribution >= 4 is 32.9 Å². The summed E-state index contributed by atoms with van der Waals surface area (Å²) in [5.74, 6) is -0.950. The highest BCUT2D eigenvalue weighted by molar-refractivity contribution is 9.10. The van der Waals surface area contributed by atoms with Crippen LogP contribution >= 0.6 is 15.9 Å². The molecule has 1 N–H and O–H groups in total. The number of aromatic carboxylic acids is 1. The molecular weight excluding hydrogens is 236 g/mol. The molecule has 0 radical (unpaired) electrons. The molecule has 0 aliphatic rings. The van der Waals surface area contributed by atoms with E-state index in [-0.39, 0.29) is 5.56 Å². The van der Waals surface area contributed by atoms with Gasteiger partial charge in [0.05, 0.1) is 10.0 Å². The Morgan fingerprint density at radius 3 is 2.92 bits per heavy atom. The smallest absolute Gasteiger partial charge is 0.335 e. The number of furan rings is 1. The summed E-state index contributed by atoms with van der Waals surface area (Å²) in [7, 11) is 0. The van der Waals surface area contributed by atoms with Crippen LogP contribution in [0, 0.1) is 0 Å². The van der Waals surface area contributed by atoms with Crippen molar-refractivity contribution in [2.75, 3.05) is 0 Å². The first-order valence-electron chi connectivity index (χ1n) is 3.58. The molecule has 0 fully saturated rings. The average Bonchev–Trinajstić information content (AvgIpc) is 2.47. The molecule has 0 atom stereocenters. The number of halogens is 1. The van der Waals surface area contributed by atoms with Crippen LogP contribution in [0.2, 0.25) is 0 Å². The summed E-state index contributed by atoms with van der Waals surface area (Å²) in [4.78, 5) is 10.6. The lowest BCUT2D eigenvalue weighted by Crippen LogP contribution is -1.94. The summed E-state index contributed by atoms with van der Waals surface area (Å²) in [5, 5.41) is 9.58. The van der Waals surface area contributed by atoms with Crippen molar-refractivity contribution in [1.29, 1.82) is 0 Å². The van der Waals surface area contributed by atoms with Gasteiger partial charge in [-0.25, -0.2) is 4.79 Å². The summed E-state index contributed by atoms with van der Waals surface area (Å²) in [6, 6.07) is 4.76. The minimum atomic E-state index is -0.950. The zero-order valence-corrected chi connectivity index (χ0v) is 8.04. The van der Waals surface area contributed by atoms with E-state index in [0.29, 0.717) is 5.58 Å². The predicted octanol–water partition coefficient (Wildman–Crippen LogP) is 2.89. The molecule has 4 heteroatoms. The van der Waals surface area contributed by atoms with Gasteiger partial charge in [-0.2, -0.15) is 0 Å². The number of hydrogen-bond acceptors (Lipinski definition) is 2. The monoisotopic (exact) mass is 240 g/mol. The van der Waals surface area contributed by atoms with Gasteiger partial charge in [0.15, 0.2) is 0 Å². The molecule has 0 amide bonds. The van der Waals surface area contributed by atoms with Gasteiger partial charge in [-0.15, -0.1) is 0 Å². The maximum absolute atomic E-state index is 10.6. The van der Waals surface area contributed by atoms with E-state index in [9.17, 15) is 4.79 Å². The van der Waals surface area contributed by atoms with Gasteiger partial charge in [-0.05, 0) is 34.1 Å². The predicted molar refractivity (Wildman–Crippen MR) is 50.9 cm³/mol. The standard InChI is InChI=1S/C9H5BrO3/c10-7-4-13-8-3-5(9(11)12)1-2-6(7)8/h1-4H,(H,11,12). The number of carboxylic acid groups (broad SMARTS) is 1. The molecule has 0 bridgehead atoms. The quantitative estimate of drug-likeness (QED) is 0.834. The average molecular weight is 241 g/mol. The lowest BCUT2D eigenvalue weighted by atomic mass is 10.2. The number of carbonyl (C=O) groups is 1. The Morgan fingerprint density at radius 1 is 1.46 bits per heavy atom. The zero-order valence-electron chi connectivity index (χ0n) is 6.45. The van der Waals surface area contributed by atoms with E-state index < -0.39 is 5.97 Å². The van der Waals surface area contributed by atoms with Crippen molar-refractivity contribution in [2.24, 2.45) is 0 Å². The van der Waals surface area contributed by atoms with E-state index in [2.05, 4.69) is 15.9 Å². The van der Waals surface area contributed by atoms with E-state index in [0.717, 1.165) is 9.86 Å². The van der Waals surface area contributed by atoms with Crippen molar-refractivity contribution in [2.45, 2.75) is 0 Å². The molecule has 2 aromatic rings. The van der Waals surface area contributed by atoms with Crippen LogP contribution in [-0.2, 0) is 0 Å². The summed E-state index contributed by atoms with van der Waals surface area (Å²) >= 11 is 3.29. The van der Waals surface area contributed by atoms with Crippen LogP contribution in [0.25, 0.3) is 11.0 Å². The maximum Gasteiger partial charge on any atom is 0.335 e. The molecule has 0 unspecified atom stereocenters. The molecule has 2 rings (SSSR count). The van der Waals surface area contributed by atoms with E-state index in [4.69, 9.17) is 9.52 Å². The van der Waals surface area contributed by atoms with Gasteiger partial charge >= 0.3 is 5.97 Å². The molecule has 13 heavy (non-hydrogen) atoms. The summed E-state index contributed by atoms with van der Waals surface area (Å²) in [6.07, 6.45) is 1.54. The van der Waals surface area contributed by atoms with Gasteiger partial charge in [-0.3, -0.25) is 0 Å².